The largest absolute Gasteiger partial charge is 0.484 e. The van der Waals surface area contributed by atoms with Gasteiger partial charge in [-0.3, -0.25) is 4.79 Å². The summed E-state index contributed by atoms with van der Waals surface area (Å²) in [6.07, 6.45) is 1.43. The second-order valence-corrected chi connectivity index (χ2v) is 5.00. The Labute approximate surface area is 129 Å². The summed E-state index contributed by atoms with van der Waals surface area (Å²) in [4.78, 5) is 11.5. The molecule has 0 aromatic heterocycles. The minimum Gasteiger partial charge on any atom is -0.484 e. The first-order chi connectivity index (χ1) is 10.1. The molecule has 0 bridgehead atoms. The van der Waals surface area contributed by atoms with Gasteiger partial charge >= 0.3 is 0 Å². The van der Waals surface area contributed by atoms with Crippen LogP contribution in [0.15, 0.2) is 58.1 Å². The Bertz CT molecular complexity index is 627. The van der Waals surface area contributed by atoms with Crippen molar-refractivity contribution in [1.29, 1.82) is 0 Å². The van der Waals surface area contributed by atoms with Crippen molar-refractivity contribution in [1.82, 2.24) is 5.43 Å². The van der Waals surface area contributed by atoms with Crippen molar-refractivity contribution < 1.29 is 13.9 Å². The SMILES string of the molecule is O=C(COc1ccc(Br)cc1)N/N=C/c1ccc(F)cc1. The van der Waals surface area contributed by atoms with Gasteiger partial charge in [-0.05, 0) is 42.0 Å². The number of nitrogens with one attached hydrogen (secondary N) is 1. The van der Waals surface area contributed by atoms with Gasteiger partial charge in [0.1, 0.15) is 11.6 Å². The maximum absolute atomic E-state index is 12.7. The summed E-state index contributed by atoms with van der Waals surface area (Å²) >= 11 is 3.31. The van der Waals surface area contributed by atoms with E-state index in [9.17, 15) is 9.18 Å². The van der Waals surface area contributed by atoms with Crippen LogP contribution in [0.5, 0.6) is 5.75 Å². The van der Waals surface area contributed by atoms with E-state index in [-0.39, 0.29) is 18.3 Å². The Morgan fingerprint density at radius 1 is 1.19 bits per heavy atom. The van der Waals surface area contributed by atoms with Gasteiger partial charge in [0.05, 0.1) is 6.21 Å². The number of hydrazone groups is 1. The van der Waals surface area contributed by atoms with Crippen LogP contribution in [0.4, 0.5) is 4.39 Å². The third-order valence-electron chi connectivity index (χ3n) is 2.46. The highest BCUT2D eigenvalue weighted by atomic mass is 79.9. The van der Waals surface area contributed by atoms with Crippen molar-refractivity contribution in [3.05, 3.63) is 64.4 Å². The molecule has 0 aliphatic rings. The molecule has 2 aromatic rings. The standard InChI is InChI=1S/C15H12BrFN2O2/c16-12-3-7-14(8-4-12)21-10-15(20)19-18-9-11-1-5-13(17)6-2-11/h1-9H,10H2,(H,19,20)/b18-9+. The van der Waals surface area contributed by atoms with Gasteiger partial charge in [0.15, 0.2) is 6.61 Å². The Morgan fingerprint density at radius 2 is 1.86 bits per heavy atom. The van der Waals surface area contributed by atoms with E-state index in [4.69, 9.17) is 4.74 Å². The fourth-order valence-electron chi connectivity index (χ4n) is 1.44. The summed E-state index contributed by atoms with van der Waals surface area (Å²) in [5.74, 6) is -0.105. The van der Waals surface area contributed by atoms with Gasteiger partial charge < -0.3 is 4.74 Å². The predicted molar refractivity (Wildman–Crippen MR) is 81.8 cm³/mol. The molecule has 0 unspecified atom stereocenters. The Hall–Kier alpha value is -2.21. The van der Waals surface area contributed by atoms with Gasteiger partial charge in [-0.25, -0.2) is 9.82 Å². The van der Waals surface area contributed by atoms with Crippen LogP contribution in [-0.4, -0.2) is 18.7 Å². The van der Waals surface area contributed by atoms with Crippen molar-refractivity contribution in [2.75, 3.05) is 6.61 Å². The normalized spacial score (nSPS) is 10.6. The number of halogens is 2. The predicted octanol–water partition coefficient (Wildman–Crippen LogP) is 3.12. The summed E-state index contributed by atoms with van der Waals surface area (Å²) in [7, 11) is 0. The zero-order valence-electron chi connectivity index (χ0n) is 10.9. The van der Waals surface area contributed by atoms with Crippen LogP contribution in [0.2, 0.25) is 0 Å². The van der Waals surface area contributed by atoms with Crippen LogP contribution in [-0.2, 0) is 4.79 Å². The molecule has 0 spiro atoms. The number of nitrogens with zero attached hydrogens (tertiary/aromatic N) is 1. The first-order valence-corrected chi connectivity index (χ1v) is 6.88. The second-order valence-electron chi connectivity index (χ2n) is 4.09. The highest BCUT2D eigenvalue weighted by molar-refractivity contribution is 9.10. The lowest BCUT2D eigenvalue weighted by Gasteiger charge is -2.04. The third-order valence-corrected chi connectivity index (χ3v) is 2.99. The first kappa shape index (κ1) is 15.2. The van der Waals surface area contributed by atoms with Crippen molar-refractivity contribution >= 4 is 28.1 Å². The number of amides is 1. The number of rotatable bonds is 5. The molecule has 2 rings (SSSR count). The lowest BCUT2D eigenvalue weighted by molar-refractivity contribution is -0.123. The molecule has 0 saturated heterocycles. The second kappa shape index (κ2) is 7.54. The lowest BCUT2D eigenvalue weighted by atomic mass is 10.2. The van der Waals surface area contributed by atoms with Gasteiger partial charge in [0, 0.05) is 4.47 Å². The summed E-state index contributed by atoms with van der Waals surface area (Å²) in [6.45, 7) is -0.137. The number of hydrogen-bond donors (Lipinski definition) is 1. The van der Waals surface area contributed by atoms with Gasteiger partial charge in [-0.1, -0.05) is 28.1 Å². The average Bonchev–Trinajstić information content (AvgIpc) is 2.49. The summed E-state index contributed by atoms with van der Waals surface area (Å²) in [5.41, 5.74) is 3.02. The molecule has 0 aliphatic heterocycles. The molecule has 21 heavy (non-hydrogen) atoms. The van der Waals surface area contributed by atoms with Gasteiger partial charge in [-0.2, -0.15) is 5.10 Å². The molecule has 1 N–H and O–H groups in total. The Morgan fingerprint density at radius 3 is 2.52 bits per heavy atom. The van der Waals surface area contributed by atoms with Crippen LogP contribution in [0, 0.1) is 5.82 Å². The molecule has 0 radical (unpaired) electrons. The van der Waals surface area contributed by atoms with Crippen LogP contribution >= 0.6 is 15.9 Å². The monoisotopic (exact) mass is 350 g/mol. The average molecular weight is 351 g/mol. The number of carbonyl (C=O) groups excluding carboxylic acids is 1. The van der Waals surface area contributed by atoms with E-state index in [1.165, 1.54) is 18.3 Å². The number of ether oxygens (including phenoxy) is 1. The van der Waals surface area contributed by atoms with Gasteiger partial charge in [-0.15, -0.1) is 0 Å². The Kier molecular flexibility index (Phi) is 5.45. The molecule has 4 nitrogen and oxygen atoms in total. The van der Waals surface area contributed by atoms with Crippen molar-refractivity contribution in [2.45, 2.75) is 0 Å². The quantitative estimate of drug-likeness (QED) is 0.665. The van der Waals surface area contributed by atoms with E-state index in [0.717, 1.165) is 4.47 Å². The molecular weight excluding hydrogens is 339 g/mol. The minimum atomic E-state index is -0.378. The fourth-order valence-corrected chi connectivity index (χ4v) is 1.70. The van der Waals surface area contributed by atoms with E-state index in [2.05, 4.69) is 26.5 Å². The van der Waals surface area contributed by atoms with E-state index in [1.807, 2.05) is 12.1 Å². The molecule has 0 saturated carbocycles. The molecule has 0 heterocycles. The molecule has 2 aromatic carbocycles. The molecule has 0 fully saturated rings. The highest BCUT2D eigenvalue weighted by Crippen LogP contribution is 2.15. The third kappa shape index (κ3) is 5.35. The topological polar surface area (TPSA) is 50.7 Å². The highest BCUT2D eigenvalue weighted by Gasteiger charge is 2.01. The zero-order chi connectivity index (χ0) is 15.1. The molecule has 6 heteroatoms. The lowest BCUT2D eigenvalue weighted by Crippen LogP contribution is -2.24. The molecule has 1 amide bonds. The fraction of sp³-hybridized carbons (Fsp3) is 0.0667. The van der Waals surface area contributed by atoms with Crippen molar-refractivity contribution in [3.8, 4) is 5.75 Å². The maximum Gasteiger partial charge on any atom is 0.277 e. The van der Waals surface area contributed by atoms with E-state index in [0.29, 0.717) is 11.3 Å². The van der Waals surface area contributed by atoms with Crippen LogP contribution in [0.25, 0.3) is 0 Å². The van der Waals surface area contributed by atoms with Crippen LogP contribution < -0.4 is 10.2 Å². The van der Waals surface area contributed by atoms with E-state index >= 15 is 0 Å². The number of benzene rings is 2. The Balaban J connectivity index is 1.77. The number of hydrogen-bond acceptors (Lipinski definition) is 3. The summed E-state index contributed by atoms with van der Waals surface area (Å²) < 4.78 is 18.9. The molecule has 0 aliphatic carbocycles. The maximum atomic E-state index is 12.7. The first-order valence-electron chi connectivity index (χ1n) is 6.09. The van der Waals surface area contributed by atoms with E-state index < -0.39 is 0 Å². The van der Waals surface area contributed by atoms with Crippen LogP contribution in [0.1, 0.15) is 5.56 Å². The summed E-state index contributed by atoms with van der Waals surface area (Å²) in [6, 6.07) is 12.9. The van der Waals surface area contributed by atoms with E-state index in [1.54, 1.807) is 24.3 Å². The van der Waals surface area contributed by atoms with Crippen molar-refractivity contribution in [3.63, 3.8) is 0 Å². The number of carbonyl (C=O) groups is 1. The summed E-state index contributed by atoms with van der Waals surface area (Å²) in [5, 5.41) is 3.76. The molecular formula is C15H12BrFN2O2. The molecule has 108 valence electrons. The molecule has 0 atom stereocenters. The van der Waals surface area contributed by atoms with Gasteiger partial charge in [0.2, 0.25) is 0 Å². The van der Waals surface area contributed by atoms with Gasteiger partial charge in [0.25, 0.3) is 5.91 Å². The zero-order valence-corrected chi connectivity index (χ0v) is 12.5. The minimum absolute atomic E-state index is 0.137. The van der Waals surface area contributed by atoms with Crippen LogP contribution in [0.3, 0.4) is 0 Å². The smallest absolute Gasteiger partial charge is 0.277 e. The van der Waals surface area contributed by atoms with Crippen molar-refractivity contribution in [2.24, 2.45) is 5.10 Å².